The second kappa shape index (κ2) is 12.0. The first kappa shape index (κ1) is 25.8. The van der Waals surface area contributed by atoms with E-state index < -0.39 is 10.0 Å². The van der Waals surface area contributed by atoms with Crippen LogP contribution in [0, 0.1) is 19.7 Å². The van der Waals surface area contributed by atoms with E-state index >= 15 is 0 Å². The first-order chi connectivity index (χ1) is 16.3. The lowest BCUT2D eigenvalue weighted by atomic mass is 10.1. The summed E-state index contributed by atoms with van der Waals surface area (Å²) in [4.78, 5) is 12.9. The second-order valence-electron chi connectivity index (χ2n) is 8.00. The van der Waals surface area contributed by atoms with Crippen molar-refractivity contribution in [3.05, 3.63) is 95.3 Å². The van der Waals surface area contributed by atoms with Crippen LogP contribution in [-0.2, 0) is 20.6 Å². The highest BCUT2D eigenvalue weighted by molar-refractivity contribution is 7.98. The quantitative estimate of drug-likeness (QED) is 0.373. The van der Waals surface area contributed by atoms with Crippen LogP contribution in [0.3, 0.4) is 0 Å². The highest BCUT2D eigenvalue weighted by Gasteiger charge is 2.28. The van der Waals surface area contributed by atoms with Crippen molar-refractivity contribution < 1.29 is 17.6 Å². The van der Waals surface area contributed by atoms with Crippen LogP contribution in [0.25, 0.3) is 0 Å². The monoisotopic (exact) mass is 500 g/mol. The normalized spacial score (nSPS) is 11.3. The van der Waals surface area contributed by atoms with E-state index in [0.717, 1.165) is 34.6 Å². The summed E-state index contributed by atoms with van der Waals surface area (Å²) in [6.45, 7) is 3.87. The van der Waals surface area contributed by atoms with Gasteiger partial charge in [-0.2, -0.15) is 11.8 Å². The van der Waals surface area contributed by atoms with Crippen molar-refractivity contribution >= 4 is 33.4 Å². The number of halogens is 1. The average molecular weight is 501 g/mol. The third-order valence-corrected chi connectivity index (χ3v) is 8.11. The molecule has 0 aliphatic rings. The maximum absolute atomic E-state index is 13.4. The zero-order valence-electron chi connectivity index (χ0n) is 19.3. The molecular weight excluding hydrogens is 471 g/mol. The molecule has 0 unspecified atom stereocenters. The zero-order chi connectivity index (χ0) is 24.6. The van der Waals surface area contributed by atoms with Gasteiger partial charge in [0.05, 0.1) is 10.6 Å². The van der Waals surface area contributed by atoms with Crippen molar-refractivity contribution in [2.24, 2.45) is 0 Å². The summed E-state index contributed by atoms with van der Waals surface area (Å²) in [6, 6.07) is 20.1. The molecule has 0 fully saturated rings. The van der Waals surface area contributed by atoms with Gasteiger partial charge in [-0.25, -0.2) is 12.8 Å². The lowest BCUT2D eigenvalue weighted by molar-refractivity contribution is -0.119. The maximum atomic E-state index is 13.4. The zero-order valence-corrected chi connectivity index (χ0v) is 21.0. The summed E-state index contributed by atoms with van der Waals surface area (Å²) >= 11 is 1.70. The summed E-state index contributed by atoms with van der Waals surface area (Å²) in [5.74, 6) is 0.981. The number of thioether (sulfide) groups is 1. The molecule has 3 aromatic rings. The van der Waals surface area contributed by atoms with Crippen molar-refractivity contribution in [1.29, 1.82) is 0 Å². The minimum atomic E-state index is -3.92. The number of hydrogen-bond donors (Lipinski definition) is 1. The van der Waals surface area contributed by atoms with Gasteiger partial charge >= 0.3 is 0 Å². The number of nitrogens with zero attached hydrogens (tertiary/aromatic N) is 1. The molecule has 3 rings (SSSR count). The van der Waals surface area contributed by atoms with E-state index in [0.29, 0.717) is 12.2 Å². The topological polar surface area (TPSA) is 66.5 Å². The van der Waals surface area contributed by atoms with Gasteiger partial charge in [-0.1, -0.05) is 42.5 Å². The number of carbonyl (C=O) groups is 1. The Kier molecular flexibility index (Phi) is 9.12. The summed E-state index contributed by atoms with van der Waals surface area (Å²) in [7, 11) is -3.92. The minimum absolute atomic E-state index is 0.140. The van der Waals surface area contributed by atoms with Crippen molar-refractivity contribution in [2.45, 2.75) is 30.9 Å². The van der Waals surface area contributed by atoms with Crippen molar-refractivity contribution in [2.75, 3.05) is 23.1 Å². The predicted octanol–water partition coefficient (Wildman–Crippen LogP) is 5.08. The molecule has 0 atom stereocenters. The number of benzene rings is 3. The first-order valence-corrected chi connectivity index (χ1v) is 13.6. The van der Waals surface area contributed by atoms with Crippen LogP contribution in [0.2, 0.25) is 0 Å². The van der Waals surface area contributed by atoms with Gasteiger partial charge in [0.15, 0.2) is 0 Å². The van der Waals surface area contributed by atoms with Crippen LogP contribution in [0.4, 0.5) is 10.1 Å². The molecule has 180 valence electrons. The Bertz CT molecular complexity index is 1200. The number of anilines is 1. The van der Waals surface area contributed by atoms with E-state index in [1.807, 2.05) is 26.0 Å². The molecule has 0 radical (unpaired) electrons. The Morgan fingerprint density at radius 1 is 1.00 bits per heavy atom. The highest BCUT2D eigenvalue weighted by Crippen LogP contribution is 2.27. The summed E-state index contributed by atoms with van der Waals surface area (Å²) in [5, 5.41) is 2.84. The Hall–Kier alpha value is -2.84. The molecule has 8 heteroatoms. The molecule has 1 N–H and O–H groups in total. The SMILES string of the molecule is Cc1ccc(C)c(N(CC(=O)NCCCSCc2ccc(F)cc2)S(=O)(=O)c2ccccc2)c1. The lowest BCUT2D eigenvalue weighted by Gasteiger charge is -2.26. The van der Waals surface area contributed by atoms with Gasteiger partial charge < -0.3 is 5.32 Å². The molecule has 0 saturated heterocycles. The first-order valence-electron chi connectivity index (χ1n) is 11.0. The van der Waals surface area contributed by atoms with E-state index in [-0.39, 0.29) is 23.2 Å². The number of rotatable bonds is 11. The number of carbonyl (C=O) groups excluding carboxylic acids is 1. The third-order valence-electron chi connectivity index (χ3n) is 5.22. The predicted molar refractivity (Wildman–Crippen MR) is 137 cm³/mol. The van der Waals surface area contributed by atoms with Crippen LogP contribution in [0.15, 0.2) is 77.7 Å². The van der Waals surface area contributed by atoms with Gasteiger partial charge in [0, 0.05) is 12.3 Å². The summed E-state index contributed by atoms with van der Waals surface area (Å²) < 4.78 is 41.0. The van der Waals surface area contributed by atoms with Crippen molar-refractivity contribution in [1.82, 2.24) is 5.32 Å². The Labute approximate surface area is 205 Å². The molecule has 5 nitrogen and oxygen atoms in total. The van der Waals surface area contributed by atoms with Crippen LogP contribution >= 0.6 is 11.8 Å². The average Bonchev–Trinajstić information content (AvgIpc) is 2.83. The molecule has 0 aromatic heterocycles. The van der Waals surface area contributed by atoms with Gasteiger partial charge in [-0.15, -0.1) is 0 Å². The number of hydrogen-bond acceptors (Lipinski definition) is 4. The van der Waals surface area contributed by atoms with Crippen LogP contribution in [0.5, 0.6) is 0 Å². The molecule has 1 amide bonds. The summed E-state index contributed by atoms with van der Waals surface area (Å²) in [5.41, 5.74) is 3.22. The molecule has 34 heavy (non-hydrogen) atoms. The molecule has 0 bridgehead atoms. The third kappa shape index (κ3) is 7.08. The molecule has 0 heterocycles. The van der Waals surface area contributed by atoms with E-state index in [4.69, 9.17) is 0 Å². The van der Waals surface area contributed by atoms with Crippen molar-refractivity contribution in [3.8, 4) is 0 Å². The van der Waals surface area contributed by atoms with E-state index in [1.54, 1.807) is 48.2 Å². The van der Waals surface area contributed by atoms with Crippen LogP contribution in [-0.4, -0.2) is 33.2 Å². The Morgan fingerprint density at radius 3 is 2.41 bits per heavy atom. The number of aryl methyl sites for hydroxylation is 2. The van der Waals surface area contributed by atoms with Gasteiger partial charge in [0.25, 0.3) is 10.0 Å². The van der Waals surface area contributed by atoms with Gasteiger partial charge in [-0.05, 0) is 73.0 Å². The Balaban J connectivity index is 1.60. The second-order valence-corrected chi connectivity index (χ2v) is 11.0. The molecule has 0 aliphatic heterocycles. The smallest absolute Gasteiger partial charge is 0.264 e. The molecule has 0 spiro atoms. The Morgan fingerprint density at radius 2 is 1.71 bits per heavy atom. The highest BCUT2D eigenvalue weighted by atomic mass is 32.2. The molecule has 3 aromatic carbocycles. The van der Waals surface area contributed by atoms with Gasteiger partial charge in [0.1, 0.15) is 12.4 Å². The van der Waals surface area contributed by atoms with Gasteiger partial charge in [0.2, 0.25) is 5.91 Å². The largest absolute Gasteiger partial charge is 0.354 e. The minimum Gasteiger partial charge on any atom is -0.354 e. The lowest BCUT2D eigenvalue weighted by Crippen LogP contribution is -2.41. The fourth-order valence-corrected chi connectivity index (χ4v) is 5.79. The van der Waals surface area contributed by atoms with E-state index in [2.05, 4.69) is 5.32 Å². The number of amides is 1. The van der Waals surface area contributed by atoms with Crippen LogP contribution in [0.1, 0.15) is 23.1 Å². The van der Waals surface area contributed by atoms with Crippen LogP contribution < -0.4 is 9.62 Å². The summed E-state index contributed by atoms with van der Waals surface area (Å²) in [6.07, 6.45) is 0.743. The molecule has 0 saturated carbocycles. The van der Waals surface area contributed by atoms with E-state index in [1.165, 1.54) is 28.6 Å². The van der Waals surface area contributed by atoms with Gasteiger partial charge in [-0.3, -0.25) is 9.10 Å². The standard InChI is InChI=1S/C26H29FN2O3S2/c1-20-9-10-21(2)25(17-20)29(34(31,32)24-7-4-3-5-8-24)18-26(30)28-15-6-16-33-19-22-11-13-23(27)14-12-22/h3-5,7-14,17H,6,15-16,18-19H2,1-2H3,(H,28,30). The molecule has 0 aliphatic carbocycles. The van der Waals surface area contributed by atoms with E-state index in [9.17, 15) is 17.6 Å². The maximum Gasteiger partial charge on any atom is 0.264 e. The fraction of sp³-hybridized carbons (Fsp3) is 0.269. The molecular formula is C26H29FN2O3S2. The fourth-order valence-electron chi connectivity index (χ4n) is 3.37. The number of sulfonamides is 1. The number of nitrogens with one attached hydrogen (secondary N) is 1. The van der Waals surface area contributed by atoms with Crippen molar-refractivity contribution in [3.63, 3.8) is 0 Å².